The van der Waals surface area contributed by atoms with Crippen molar-refractivity contribution in [1.82, 2.24) is 10.2 Å². The standard InChI is InChI=1S/C17H28N4O.HI/c1-3-10-19-17(18)20-13-16(21-11-4-5-12-21)14-6-8-15(22-2)9-7-14;/h6-9,16H,3-5,10-13H2,1-2H3,(H3,18,19,20);1H. The molecule has 1 unspecified atom stereocenters. The molecule has 1 aliphatic rings. The van der Waals surface area contributed by atoms with Gasteiger partial charge >= 0.3 is 0 Å². The van der Waals surface area contributed by atoms with Gasteiger partial charge in [-0.15, -0.1) is 24.0 Å². The SMILES string of the molecule is CCCNC(N)=NCC(c1ccc(OC)cc1)N1CCCC1.I. The summed E-state index contributed by atoms with van der Waals surface area (Å²) in [6.07, 6.45) is 3.57. The van der Waals surface area contributed by atoms with Crippen molar-refractivity contribution < 1.29 is 4.74 Å². The first-order valence-electron chi connectivity index (χ1n) is 8.16. The maximum absolute atomic E-state index is 5.93. The van der Waals surface area contributed by atoms with Gasteiger partial charge in [-0.1, -0.05) is 19.1 Å². The molecular formula is C17H29IN4O. The summed E-state index contributed by atoms with van der Waals surface area (Å²) >= 11 is 0. The Balaban J connectivity index is 0.00000264. The van der Waals surface area contributed by atoms with Gasteiger partial charge in [0.1, 0.15) is 5.75 Å². The van der Waals surface area contributed by atoms with E-state index in [2.05, 4.69) is 34.3 Å². The van der Waals surface area contributed by atoms with Crippen LogP contribution in [0, 0.1) is 0 Å². The summed E-state index contributed by atoms with van der Waals surface area (Å²) < 4.78 is 5.25. The summed E-state index contributed by atoms with van der Waals surface area (Å²) in [6.45, 7) is 5.94. The van der Waals surface area contributed by atoms with Crippen LogP contribution in [0.1, 0.15) is 37.8 Å². The molecule has 1 aliphatic heterocycles. The van der Waals surface area contributed by atoms with E-state index < -0.39 is 0 Å². The van der Waals surface area contributed by atoms with Crippen molar-refractivity contribution in [3.05, 3.63) is 29.8 Å². The van der Waals surface area contributed by atoms with Crippen LogP contribution in [-0.2, 0) is 0 Å². The van der Waals surface area contributed by atoms with Crippen molar-refractivity contribution in [2.24, 2.45) is 10.7 Å². The minimum atomic E-state index is 0. The molecule has 0 aliphatic carbocycles. The molecule has 130 valence electrons. The van der Waals surface area contributed by atoms with Crippen LogP contribution in [0.5, 0.6) is 5.75 Å². The number of aliphatic imine (C=N–C) groups is 1. The lowest BCUT2D eigenvalue weighted by molar-refractivity contribution is 0.251. The number of nitrogens with zero attached hydrogens (tertiary/aromatic N) is 2. The fourth-order valence-corrected chi connectivity index (χ4v) is 2.80. The van der Waals surface area contributed by atoms with Crippen LogP contribution >= 0.6 is 24.0 Å². The summed E-state index contributed by atoms with van der Waals surface area (Å²) in [5, 5.41) is 3.14. The van der Waals surface area contributed by atoms with Gasteiger partial charge in [-0.2, -0.15) is 0 Å². The lowest BCUT2D eigenvalue weighted by atomic mass is 10.1. The van der Waals surface area contributed by atoms with Crippen molar-refractivity contribution in [3.8, 4) is 5.75 Å². The molecular weight excluding hydrogens is 403 g/mol. The Bertz CT molecular complexity index is 472. The van der Waals surface area contributed by atoms with Crippen LogP contribution in [0.2, 0.25) is 0 Å². The highest BCUT2D eigenvalue weighted by Crippen LogP contribution is 2.26. The van der Waals surface area contributed by atoms with Gasteiger partial charge in [-0.3, -0.25) is 9.89 Å². The predicted octanol–water partition coefficient (Wildman–Crippen LogP) is 2.76. The van der Waals surface area contributed by atoms with Crippen LogP contribution in [0.3, 0.4) is 0 Å². The van der Waals surface area contributed by atoms with E-state index in [1.54, 1.807) is 7.11 Å². The molecule has 1 aromatic carbocycles. The molecule has 0 bridgehead atoms. The van der Waals surface area contributed by atoms with Gasteiger partial charge in [0.15, 0.2) is 5.96 Å². The zero-order chi connectivity index (χ0) is 15.8. The van der Waals surface area contributed by atoms with Crippen LogP contribution in [0.25, 0.3) is 0 Å². The average Bonchev–Trinajstić information content (AvgIpc) is 3.08. The number of rotatable bonds is 7. The second-order valence-electron chi connectivity index (χ2n) is 5.68. The molecule has 0 spiro atoms. The number of nitrogens with two attached hydrogens (primary N) is 1. The molecule has 1 fully saturated rings. The minimum Gasteiger partial charge on any atom is -0.497 e. The number of likely N-dealkylation sites (tertiary alicyclic amines) is 1. The molecule has 3 N–H and O–H groups in total. The Morgan fingerprint density at radius 3 is 2.52 bits per heavy atom. The number of nitrogens with one attached hydrogen (secondary N) is 1. The van der Waals surface area contributed by atoms with E-state index in [4.69, 9.17) is 10.5 Å². The number of ether oxygens (including phenoxy) is 1. The van der Waals surface area contributed by atoms with E-state index in [9.17, 15) is 0 Å². The average molecular weight is 432 g/mol. The van der Waals surface area contributed by atoms with E-state index >= 15 is 0 Å². The number of methoxy groups -OCH3 is 1. The van der Waals surface area contributed by atoms with Gasteiger partial charge in [0.05, 0.1) is 19.7 Å². The van der Waals surface area contributed by atoms with Crippen molar-refractivity contribution in [1.29, 1.82) is 0 Å². The lowest BCUT2D eigenvalue weighted by Gasteiger charge is -2.26. The van der Waals surface area contributed by atoms with Crippen molar-refractivity contribution >= 4 is 29.9 Å². The van der Waals surface area contributed by atoms with Crippen LogP contribution in [0.15, 0.2) is 29.3 Å². The monoisotopic (exact) mass is 432 g/mol. The largest absolute Gasteiger partial charge is 0.497 e. The van der Waals surface area contributed by atoms with Gasteiger partial charge in [0.2, 0.25) is 0 Å². The summed E-state index contributed by atoms with van der Waals surface area (Å²) in [5.74, 6) is 1.43. The van der Waals surface area contributed by atoms with Crippen molar-refractivity contribution in [2.75, 3.05) is 33.3 Å². The van der Waals surface area contributed by atoms with Gasteiger partial charge in [0.25, 0.3) is 0 Å². The van der Waals surface area contributed by atoms with Gasteiger partial charge < -0.3 is 15.8 Å². The molecule has 6 heteroatoms. The Kier molecular flexibility index (Phi) is 9.31. The maximum Gasteiger partial charge on any atom is 0.188 e. The molecule has 0 radical (unpaired) electrons. The lowest BCUT2D eigenvalue weighted by Crippen LogP contribution is -2.34. The van der Waals surface area contributed by atoms with E-state index in [1.807, 2.05) is 12.1 Å². The third-order valence-electron chi connectivity index (χ3n) is 4.07. The topological polar surface area (TPSA) is 62.9 Å². The Morgan fingerprint density at radius 1 is 1.30 bits per heavy atom. The first kappa shape index (κ1) is 20.0. The second-order valence-corrected chi connectivity index (χ2v) is 5.68. The van der Waals surface area contributed by atoms with Crippen LogP contribution in [-0.4, -0.2) is 44.1 Å². The van der Waals surface area contributed by atoms with Gasteiger partial charge in [-0.25, -0.2) is 0 Å². The molecule has 1 atom stereocenters. The molecule has 0 amide bonds. The molecule has 1 saturated heterocycles. The third-order valence-corrected chi connectivity index (χ3v) is 4.07. The summed E-state index contributed by atoms with van der Waals surface area (Å²) in [4.78, 5) is 7.03. The maximum atomic E-state index is 5.93. The first-order valence-corrected chi connectivity index (χ1v) is 8.16. The highest BCUT2D eigenvalue weighted by molar-refractivity contribution is 14.0. The van der Waals surface area contributed by atoms with Crippen molar-refractivity contribution in [3.63, 3.8) is 0 Å². The molecule has 5 nitrogen and oxygen atoms in total. The number of guanidine groups is 1. The summed E-state index contributed by atoms with van der Waals surface area (Å²) in [5.41, 5.74) is 7.20. The Morgan fingerprint density at radius 2 is 1.96 bits per heavy atom. The molecule has 2 rings (SSSR count). The quantitative estimate of drug-likeness (QED) is 0.395. The van der Waals surface area contributed by atoms with E-state index in [-0.39, 0.29) is 30.0 Å². The van der Waals surface area contributed by atoms with Crippen LogP contribution in [0.4, 0.5) is 0 Å². The van der Waals surface area contributed by atoms with Gasteiger partial charge in [0, 0.05) is 6.54 Å². The normalized spacial score (nSPS) is 16.7. The number of hydrogen-bond acceptors (Lipinski definition) is 3. The summed E-state index contributed by atoms with van der Waals surface area (Å²) in [7, 11) is 1.69. The minimum absolute atomic E-state index is 0. The number of benzene rings is 1. The first-order chi connectivity index (χ1) is 10.7. The molecule has 23 heavy (non-hydrogen) atoms. The number of hydrogen-bond donors (Lipinski definition) is 2. The molecule has 0 saturated carbocycles. The fraction of sp³-hybridized carbons (Fsp3) is 0.588. The van der Waals surface area contributed by atoms with E-state index in [0.29, 0.717) is 12.5 Å². The zero-order valence-corrected chi connectivity index (χ0v) is 16.5. The van der Waals surface area contributed by atoms with Crippen LogP contribution < -0.4 is 15.8 Å². The summed E-state index contributed by atoms with van der Waals surface area (Å²) in [6, 6.07) is 8.58. The second kappa shape index (κ2) is 10.7. The van der Waals surface area contributed by atoms with E-state index in [1.165, 1.54) is 18.4 Å². The smallest absolute Gasteiger partial charge is 0.188 e. The molecule has 0 aromatic heterocycles. The number of halogens is 1. The fourth-order valence-electron chi connectivity index (χ4n) is 2.80. The van der Waals surface area contributed by atoms with Gasteiger partial charge in [-0.05, 0) is 50.0 Å². The highest BCUT2D eigenvalue weighted by Gasteiger charge is 2.23. The Labute approximate surface area is 156 Å². The Hall–Kier alpha value is -1.02. The molecule has 1 aromatic rings. The predicted molar refractivity (Wildman–Crippen MR) is 107 cm³/mol. The third kappa shape index (κ3) is 6.18. The zero-order valence-electron chi connectivity index (χ0n) is 14.1. The van der Waals surface area contributed by atoms with E-state index in [0.717, 1.165) is 31.8 Å². The highest BCUT2D eigenvalue weighted by atomic mass is 127. The molecule has 1 heterocycles. The van der Waals surface area contributed by atoms with Crippen molar-refractivity contribution in [2.45, 2.75) is 32.2 Å².